The highest BCUT2D eigenvalue weighted by Gasteiger charge is 2.18. The minimum Gasteiger partial charge on any atom is -0.480 e. The van der Waals surface area contributed by atoms with Crippen LogP contribution >= 0.6 is 15.9 Å². The van der Waals surface area contributed by atoms with Crippen LogP contribution in [-0.4, -0.2) is 34.9 Å². The first-order chi connectivity index (χ1) is 9.02. The van der Waals surface area contributed by atoms with Crippen LogP contribution in [-0.2, 0) is 11.3 Å². The minimum atomic E-state index is -1.17. The molecule has 0 radical (unpaired) electrons. The number of rotatable bonds is 6. The molecule has 0 saturated carbocycles. The molecule has 0 fully saturated rings. The number of benzene rings is 1. The van der Waals surface area contributed by atoms with Crippen molar-refractivity contribution in [1.82, 2.24) is 10.6 Å². The number of carboxylic acids is 1. The number of amides is 2. The zero-order valence-corrected chi connectivity index (χ0v) is 11.7. The maximum absolute atomic E-state index is 11.5. The summed E-state index contributed by atoms with van der Waals surface area (Å²) >= 11 is 3.32. The normalized spacial score (nSPS) is 11.7. The van der Waals surface area contributed by atoms with Gasteiger partial charge in [-0.1, -0.05) is 28.1 Å². The Morgan fingerprint density at radius 3 is 2.68 bits per heavy atom. The molecule has 0 aromatic heterocycles. The number of halogens is 1. The SMILES string of the molecule is O=C(NCc1cccc(Br)c1)N[C@H](CCO)C(=O)O. The van der Waals surface area contributed by atoms with Crippen LogP contribution in [0.4, 0.5) is 4.79 Å². The number of aliphatic carboxylic acids is 1. The van der Waals surface area contributed by atoms with Crippen molar-refractivity contribution in [3.63, 3.8) is 0 Å². The lowest BCUT2D eigenvalue weighted by molar-refractivity contribution is -0.139. The van der Waals surface area contributed by atoms with Crippen molar-refractivity contribution >= 4 is 27.9 Å². The highest BCUT2D eigenvalue weighted by molar-refractivity contribution is 9.10. The van der Waals surface area contributed by atoms with Gasteiger partial charge in [0.1, 0.15) is 6.04 Å². The first-order valence-electron chi connectivity index (χ1n) is 5.65. The highest BCUT2D eigenvalue weighted by atomic mass is 79.9. The third kappa shape index (κ3) is 5.71. The molecule has 0 aliphatic heterocycles. The topological polar surface area (TPSA) is 98.7 Å². The van der Waals surface area contributed by atoms with Crippen molar-refractivity contribution in [1.29, 1.82) is 0 Å². The number of carbonyl (C=O) groups is 2. The van der Waals surface area contributed by atoms with Gasteiger partial charge in [-0.3, -0.25) is 0 Å². The second kappa shape index (κ2) is 7.75. The van der Waals surface area contributed by atoms with Crippen molar-refractivity contribution in [3.8, 4) is 0 Å². The zero-order valence-electron chi connectivity index (χ0n) is 10.1. The van der Waals surface area contributed by atoms with Crippen LogP contribution in [0.15, 0.2) is 28.7 Å². The summed E-state index contributed by atoms with van der Waals surface area (Å²) < 4.78 is 0.899. The van der Waals surface area contributed by atoms with E-state index in [0.29, 0.717) is 0 Å². The second-order valence-corrected chi connectivity index (χ2v) is 4.78. The van der Waals surface area contributed by atoms with Gasteiger partial charge in [0.25, 0.3) is 0 Å². The van der Waals surface area contributed by atoms with Gasteiger partial charge in [-0.25, -0.2) is 9.59 Å². The fourth-order valence-corrected chi connectivity index (χ4v) is 1.87. The number of hydrogen-bond acceptors (Lipinski definition) is 3. The molecule has 0 aliphatic rings. The van der Waals surface area contributed by atoms with Gasteiger partial charge in [-0.05, 0) is 17.7 Å². The molecule has 0 unspecified atom stereocenters. The molecule has 0 aliphatic carbocycles. The van der Waals surface area contributed by atoms with Gasteiger partial charge in [0, 0.05) is 24.0 Å². The number of aliphatic hydroxyl groups excluding tert-OH is 1. The smallest absolute Gasteiger partial charge is 0.326 e. The molecule has 1 aromatic carbocycles. The predicted octanol–water partition coefficient (Wildman–Crippen LogP) is 1.08. The first kappa shape index (κ1) is 15.5. The van der Waals surface area contributed by atoms with Crippen LogP contribution in [0.5, 0.6) is 0 Å². The first-order valence-corrected chi connectivity index (χ1v) is 6.44. The van der Waals surface area contributed by atoms with Crippen molar-refractivity contribution < 1.29 is 19.8 Å². The Labute approximate surface area is 118 Å². The zero-order chi connectivity index (χ0) is 14.3. The van der Waals surface area contributed by atoms with E-state index in [9.17, 15) is 9.59 Å². The summed E-state index contributed by atoms with van der Waals surface area (Å²) in [6.45, 7) is -0.0143. The number of hydrogen-bond donors (Lipinski definition) is 4. The van der Waals surface area contributed by atoms with Gasteiger partial charge in [0.05, 0.1) is 0 Å². The quantitative estimate of drug-likeness (QED) is 0.627. The fourth-order valence-electron chi connectivity index (χ4n) is 1.43. The summed E-state index contributed by atoms with van der Waals surface area (Å²) in [6.07, 6.45) is -0.0281. The molecule has 7 heteroatoms. The summed E-state index contributed by atoms with van der Waals surface area (Å²) in [5.41, 5.74) is 0.888. The molecule has 2 amide bonds. The van der Waals surface area contributed by atoms with Gasteiger partial charge < -0.3 is 20.8 Å². The van der Waals surface area contributed by atoms with E-state index < -0.39 is 18.0 Å². The summed E-state index contributed by atoms with van der Waals surface area (Å²) in [5, 5.41) is 22.3. The number of urea groups is 1. The predicted molar refractivity (Wildman–Crippen MR) is 72.6 cm³/mol. The van der Waals surface area contributed by atoms with Crippen molar-refractivity contribution in [2.24, 2.45) is 0 Å². The summed E-state index contributed by atoms with van der Waals surface area (Å²) in [5.74, 6) is -1.17. The molecule has 1 aromatic rings. The third-order valence-corrected chi connectivity index (χ3v) is 2.86. The number of carboxylic acid groups (broad SMARTS) is 1. The van der Waals surface area contributed by atoms with Crippen molar-refractivity contribution in [2.45, 2.75) is 19.0 Å². The van der Waals surface area contributed by atoms with E-state index in [2.05, 4.69) is 26.6 Å². The van der Waals surface area contributed by atoms with Crippen molar-refractivity contribution in [2.75, 3.05) is 6.61 Å². The van der Waals surface area contributed by atoms with E-state index in [1.807, 2.05) is 24.3 Å². The molecule has 0 heterocycles. The van der Waals surface area contributed by atoms with Crippen LogP contribution in [0.1, 0.15) is 12.0 Å². The second-order valence-electron chi connectivity index (χ2n) is 3.86. The molecule has 4 N–H and O–H groups in total. The summed E-state index contributed by atoms with van der Waals surface area (Å²) in [7, 11) is 0. The number of aliphatic hydroxyl groups is 1. The molecule has 1 atom stereocenters. The number of carbonyl (C=O) groups excluding carboxylic acids is 1. The fraction of sp³-hybridized carbons (Fsp3) is 0.333. The van der Waals surface area contributed by atoms with Gasteiger partial charge in [0.15, 0.2) is 0 Å². The van der Waals surface area contributed by atoms with Crippen LogP contribution in [0.3, 0.4) is 0 Å². The molecular weight excluding hydrogens is 316 g/mol. The average molecular weight is 331 g/mol. The Morgan fingerprint density at radius 2 is 2.11 bits per heavy atom. The Bertz CT molecular complexity index is 453. The van der Waals surface area contributed by atoms with Gasteiger partial charge >= 0.3 is 12.0 Å². The minimum absolute atomic E-state index is 0.0281. The highest BCUT2D eigenvalue weighted by Crippen LogP contribution is 2.11. The lowest BCUT2D eigenvalue weighted by Crippen LogP contribution is -2.46. The van der Waals surface area contributed by atoms with Crippen LogP contribution < -0.4 is 10.6 Å². The van der Waals surface area contributed by atoms with Crippen LogP contribution in [0, 0.1) is 0 Å². The molecular formula is C12H15BrN2O4. The van der Waals surface area contributed by atoms with Gasteiger partial charge in [0.2, 0.25) is 0 Å². The Balaban J connectivity index is 2.44. The van der Waals surface area contributed by atoms with E-state index >= 15 is 0 Å². The Morgan fingerprint density at radius 1 is 1.37 bits per heavy atom. The maximum Gasteiger partial charge on any atom is 0.326 e. The largest absolute Gasteiger partial charge is 0.480 e. The Kier molecular flexibility index (Phi) is 6.31. The van der Waals surface area contributed by atoms with E-state index in [1.165, 1.54) is 0 Å². The molecule has 0 saturated heterocycles. The molecule has 0 bridgehead atoms. The average Bonchev–Trinajstić information content (AvgIpc) is 2.36. The van der Waals surface area contributed by atoms with Crippen molar-refractivity contribution in [3.05, 3.63) is 34.3 Å². The molecule has 19 heavy (non-hydrogen) atoms. The molecule has 0 spiro atoms. The lowest BCUT2D eigenvalue weighted by Gasteiger charge is -2.14. The maximum atomic E-state index is 11.5. The van der Waals surface area contributed by atoms with Crippen LogP contribution in [0.25, 0.3) is 0 Å². The third-order valence-electron chi connectivity index (χ3n) is 2.36. The van der Waals surface area contributed by atoms with E-state index in [4.69, 9.17) is 10.2 Å². The monoisotopic (exact) mass is 330 g/mol. The van der Waals surface area contributed by atoms with Gasteiger partial charge in [-0.15, -0.1) is 0 Å². The van der Waals surface area contributed by atoms with E-state index in [-0.39, 0.29) is 19.6 Å². The van der Waals surface area contributed by atoms with E-state index in [0.717, 1.165) is 10.0 Å². The molecule has 6 nitrogen and oxygen atoms in total. The van der Waals surface area contributed by atoms with Gasteiger partial charge in [-0.2, -0.15) is 0 Å². The molecule has 1 rings (SSSR count). The standard InChI is InChI=1S/C12H15BrN2O4/c13-9-3-1-2-8(6-9)7-14-12(19)15-10(4-5-16)11(17)18/h1-3,6,10,16H,4-5,7H2,(H,17,18)(H2,14,15,19)/t10-/m1/s1. The molecule has 104 valence electrons. The van der Waals surface area contributed by atoms with Crippen LogP contribution in [0.2, 0.25) is 0 Å². The number of nitrogens with one attached hydrogen (secondary N) is 2. The summed E-state index contributed by atoms with van der Waals surface area (Å²) in [6, 6.07) is 5.72. The Hall–Kier alpha value is -1.60. The van der Waals surface area contributed by atoms with E-state index in [1.54, 1.807) is 0 Å². The lowest BCUT2D eigenvalue weighted by atomic mass is 10.2. The summed E-state index contributed by atoms with van der Waals surface area (Å²) in [4.78, 5) is 22.3.